The molecule has 6 nitrogen and oxygen atoms in total. The van der Waals surface area contributed by atoms with Crippen LogP contribution in [-0.4, -0.2) is 44.9 Å². The molecule has 1 aromatic heterocycles. The number of aryl methyl sites for hydroxylation is 3. The molecule has 0 aliphatic heterocycles. The van der Waals surface area contributed by atoms with E-state index in [2.05, 4.69) is 51.1 Å². The molecular formula is C21H33IN4O2S. The number of methoxy groups -OCH3 is 1. The van der Waals surface area contributed by atoms with Crippen LogP contribution in [0.5, 0.6) is 5.75 Å². The molecule has 1 aromatic carbocycles. The predicted molar refractivity (Wildman–Crippen MR) is 132 cm³/mol. The summed E-state index contributed by atoms with van der Waals surface area (Å²) in [5, 5.41) is 10.1. The Bertz CT molecular complexity index is 752. The summed E-state index contributed by atoms with van der Waals surface area (Å²) in [4.78, 5) is 8.81. The van der Waals surface area contributed by atoms with Crippen molar-refractivity contribution in [3.63, 3.8) is 0 Å². The highest BCUT2D eigenvalue weighted by molar-refractivity contribution is 14.0. The normalized spacial score (nSPS) is 11.1. The second kappa shape index (κ2) is 14.6. The molecule has 0 bridgehead atoms. The number of thiazole rings is 1. The number of ether oxygens (including phenoxy) is 2. The van der Waals surface area contributed by atoms with Gasteiger partial charge in [-0.2, -0.15) is 0 Å². The van der Waals surface area contributed by atoms with Crippen molar-refractivity contribution in [2.45, 2.75) is 39.7 Å². The van der Waals surface area contributed by atoms with Crippen molar-refractivity contribution in [2.24, 2.45) is 4.99 Å². The molecule has 0 fully saturated rings. The molecule has 0 saturated carbocycles. The summed E-state index contributed by atoms with van der Waals surface area (Å²) >= 11 is 1.75. The van der Waals surface area contributed by atoms with Crippen molar-refractivity contribution in [3.05, 3.63) is 45.4 Å². The molecule has 0 atom stereocenters. The van der Waals surface area contributed by atoms with Crippen molar-refractivity contribution in [1.82, 2.24) is 15.6 Å². The summed E-state index contributed by atoms with van der Waals surface area (Å²) in [7, 11) is 3.47. The van der Waals surface area contributed by atoms with Crippen LogP contribution in [0.15, 0.2) is 28.6 Å². The standard InChI is InChI=1S/C21H32N4O2S.HI/c1-16-8-9-18(19(13-16)27-12-11-26-4)14-24-21(22-3)23-10-6-5-7-20-25-17(2)15-28-20;/h8-9,13,15H,5-7,10-12,14H2,1-4H3,(H2,22,23,24);1H. The Hall–Kier alpha value is -1.39. The van der Waals surface area contributed by atoms with Gasteiger partial charge in [0.1, 0.15) is 12.4 Å². The summed E-state index contributed by atoms with van der Waals surface area (Å²) in [5.41, 5.74) is 3.39. The molecule has 162 valence electrons. The van der Waals surface area contributed by atoms with Gasteiger partial charge in [-0.15, -0.1) is 35.3 Å². The topological polar surface area (TPSA) is 67.8 Å². The number of hydrogen-bond donors (Lipinski definition) is 2. The number of nitrogens with one attached hydrogen (secondary N) is 2. The highest BCUT2D eigenvalue weighted by atomic mass is 127. The summed E-state index contributed by atoms with van der Waals surface area (Å²) < 4.78 is 10.9. The van der Waals surface area contributed by atoms with Crippen molar-refractivity contribution >= 4 is 41.3 Å². The van der Waals surface area contributed by atoms with E-state index in [0.29, 0.717) is 19.8 Å². The highest BCUT2D eigenvalue weighted by Gasteiger charge is 2.06. The Kier molecular flexibility index (Phi) is 12.9. The van der Waals surface area contributed by atoms with Crippen LogP contribution < -0.4 is 15.4 Å². The number of aliphatic imine (C=N–C) groups is 1. The van der Waals surface area contributed by atoms with Crippen LogP contribution in [0, 0.1) is 13.8 Å². The molecule has 0 unspecified atom stereocenters. The summed E-state index contributed by atoms with van der Waals surface area (Å²) in [6.45, 7) is 6.76. The lowest BCUT2D eigenvalue weighted by Crippen LogP contribution is -2.37. The van der Waals surface area contributed by atoms with E-state index in [1.807, 2.05) is 6.92 Å². The van der Waals surface area contributed by atoms with Crippen LogP contribution in [0.25, 0.3) is 0 Å². The fourth-order valence-corrected chi connectivity index (χ4v) is 3.52. The van der Waals surface area contributed by atoms with Crippen molar-refractivity contribution in [2.75, 3.05) is 33.9 Å². The van der Waals surface area contributed by atoms with Crippen LogP contribution in [0.1, 0.15) is 34.7 Å². The van der Waals surface area contributed by atoms with Crippen molar-refractivity contribution in [3.8, 4) is 5.75 Å². The smallest absolute Gasteiger partial charge is 0.191 e. The molecule has 0 saturated heterocycles. The van der Waals surface area contributed by atoms with Gasteiger partial charge in [0.2, 0.25) is 0 Å². The second-order valence-corrected chi connectivity index (χ2v) is 7.59. The second-order valence-electron chi connectivity index (χ2n) is 6.64. The zero-order valence-electron chi connectivity index (χ0n) is 17.8. The van der Waals surface area contributed by atoms with E-state index in [1.54, 1.807) is 25.5 Å². The van der Waals surface area contributed by atoms with E-state index in [0.717, 1.165) is 48.8 Å². The summed E-state index contributed by atoms with van der Waals surface area (Å²) in [6.07, 6.45) is 3.24. The van der Waals surface area contributed by atoms with Gasteiger partial charge in [-0.05, 0) is 44.7 Å². The maximum Gasteiger partial charge on any atom is 0.191 e. The van der Waals surface area contributed by atoms with Crippen LogP contribution >= 0.6 is 35.3 Å². The maximum absolute atomic E-state index is 5.85. The first-order valence-electron chi connectivity index (χ1n) is 9.69. The minimum atomic E-state index is 0. The molecular weight excluding hydrogens is 499 g/mol. The van der Waals surface area contributed by atoms with Crippen LogP contribution in [0.4, 0.5) is 0 Å². The zero-order chi connectivity index (χ0) is 20.2. The maximum atomic E-state index is 5.85. The molecule has 1 heterocycles. The predicted octanol–water partition coefficient (Wildman–Crippen LogP) is 4.09. The lowest BCUT2D eigenvalue weighted by molar-refractivity contribution is 0.145. The van der Waals surface area contributed by atoms with Gasteiger partial charge in [0.05, 0.1) is 11.6 Å². The van der Waals surface area contributed by atoms with E-state index < -0.39 is 0 Å². The molecule has 2 N–H and O–H groups in total. The number of nitrogens with zero attached hydrogens (tertiary/aromatic N) is 2. The monoisotopic (exact) mass is 532 g/mol. The average molecular weight is 532 g/mol. The Balaban J connectivity index is 0.00000420. The molecule has 0 spiro atoms. The minimum absolute atomic E-state index is 0. The van der Waals surface area contributed by atoms with Gasteiger partial charge in [0.25, 0.3) is 0 Å². The lowest BCUT2D eigenvalue weighted by atomic mass is 10.1. The van der Waals surface area contributed by atoms with E-state index in [-0.39, 0.29) is 24.0 Å². The first-order chi connectivity index (χ1) is 13.6. The summed E-state index contributed by atoms with van der Waals surface area (Å²) in [5.74, 6) is 1.69. The molecule has 0 radical (unpaired) electrons. The molecule has 2 aromatic rings. The highest BCUT2D eigenvalue weighted by Crippen LogP contribution is 2.20. The number of unbranched alkanes of at least 4 members (excludes halogenated alkanes) is 1. The van der Waals surface area contributed by atoms with Gasteiger partial charge in [-0.3, -0.25) is 4.99 Å². The summed E-state index contributed by atoms with van der Waals surface area (Å²) in [6, 6.07) is 6.24. The molecule has 8 heteroatoms. The number of guanidine groups is 1. The number of rotatable bonds is 11. The molecule has 0 amide bonds. The Morgan fingerprint density at radius 1 is 1.17 bits per heavy atom. The molecule has 2 rings (SSSR count). The van der Waals surface area contributed by atoms with Crippen LogP contribution in [0.3, 0.4) is 0 Å². The lowest BCUT2D eigenvalue weighted by Gasteiger charge is -2.15. The molecule has 29 heavy (non-hydrogen) atoms. The average Bonchev–Trinajstić information content (AvgIpc) is 3.10. The third kappa shape index (κ3) is 9.77. The van der Waals surface area contributed by atoms with Crippen molar-refractivity contribution < 1.29 is 9.47 Å². The Morgan fingerprint density at radius 3 is 2.69 bits per heavy atom. The van der Waals surface area contributed by atoms with E-state index in [1.165, 1.54) is 10.6 Å². The van der Waals surface area contributed by atoms with Gasteiger partial charge in [0.15, 0.2) is 5.96 Å². The van der Waals surface area contributed by atoms with E-state index in [4.69, 9.17) is 9.47 Å². The van der Waals surface area contributed by atoms with Crippen LogP contribution in [0.2, 0.25) is 0 Å². The number of hydrogen-bond acceptors (Lipinski definition) is 5. The van der Waals surface area contributed by atoms with Crippen LogP contribution in [-0.2, 0) is 17.7 Å². The van der Waals surface area contributed by atoms with Gasteiger partial charge in [-0.1, -0.05) is 12.1 Å². The zero-order valence-corrected chi connectivity index (χ0v) is 20.9. The number of benzene rings is 1. The number of halogens is 1. The minimum Gasteiger partial charge on any atom is -0.491 e. The quantitative estimate of drug-likeness (QED) is 0.198. The van der Waals surface area contributed by atoms with Gasteiger partial charge >= 0.3 is 0 Å². The van der Waals surface area contributed by atoms with E-state index >= 15 is 0 Å². The Morgan fingerprint density at radius 2 is 2.00 bits per heavy atom. The van der Waals surface area contributed by atoms with Gasteiger partial charge in [0, 0.05) is 43.9 Å². The first kappa shape index (κ1) is 25.6. The third-order valence-electron chi connectivity index (χ3n) is 4.21. The fourth-order valence-electron chi connectivity index (χ4n) is 2.70. The van der Waals surface area contributed by atoms with Crippen molar-refractivity contribution in [1.29, 1.82) is 0 Å². The largest absolute Gasteiger partial charge is 0.491 e. The SMILES string of the molecule is CN=C(NCCCCc1nc(C)cs1)NCc1ccc(C)cc1OCCOC.I. The molecule has 0 aliphatic rings. The molecule has 0 aliphatic carbocycles. The Labute approximate surface area is 195 Å². The third-order valence-corrected chi connectivity index (χ3v) is 5.24. The van der Waals surface area contributed by atoms with Gasteiger partial charge in [-0.25, -0.2) is 4.98 Å². The van der Waals surface area contributed by atoms with Gasteiger partial charge < -0.3 is 20.1 Å². The van der Waals surface area contributed by atoms with E-state index in [9.17, 15) is 0 Å². The fraction of sp³-hybridized carbons (Fsp3) is 0.524. The number of aromatic nitrogens is 1. The first-order valence-corrected chi connectivity index (χ1v) is 10.6.